The van der Waals surface area contributed by atoms with Crippen molar-refractivity contribution in [3.05, 3.63) is 12.7 Å². The lowest BCUT2D eigenvalue weighted by atomic mass is 10.1. The molecule has 0 saturated heterocycles. The molecule has 0 aliphatic rings. The van der Waals surface area contributed by atoms with Gasteiger partial charge in [0.2, 0.25) is 0 Å². The van der Waals surface area contributed by atoms with Gasteiger partial charge in [0.25, 0.3) is 0 Å². The number of rotatable bonds is 9. The maximum Gasteiger partial charge on any atom is 0.331 e. The van der Waals surface area contributed by atoms with Gasteiger partial charge in [-0.15, -0.1) is 6.58 Å². The summed E-state index contributed by atoms with van der Waals surface area (Å²) in [7, 11) is -1.73. The van der Waals surface area contributed by atoms with Gasteiger partial charge in [-0.25, -0.2) is 0 Å². The van der Waals surface area contributed by atoms with Crippen molar-refractivity contribution in [2.45, 2.75) is 78.1 Å². The fourth-order valence-corrected chi connectivity index (χ4v) is 3.81. The molecule has 0 fully saturated rings. The second-order valence-electron chi connectivity index (χ2n) is 5.11. The van der Waals surface area contributed by atoms with Crippen molar-refractivity contribution in [3.8, 4) is 0 Å². The highest BCUT2D eigenvalue weighted by Gasteiger charge is 2.36. The number of allylic oxidation sites excluding steroid dienone is 1. The van der Waals surface area contributed by atoms with E-state index in [4.69, 9.17) is 8.85 Å². The Bertz CT molecular complexity index is 208. The minimum atomic E-state index is -1.73. The van der Waals surface area contributed by atoms with Crippen LogP contribution in [0.25, 0.3) is 0 Å². The summed E-state index contributed by atoms with van der Waals surface area (Å²) in [6, 6.07) is 0. The first-order valence-electron chi connectivity index (χ1n) is 6.87. The Balaban J connectivity index is 4.75. The van der Waals surface area contributed by atoms with E-state index in [1.807, 2.05) is 6.08 Å². The Hall–Kier alpha value is -0.123. The maximum atomic E-state index is 6.16. The van der Waals surface area contributed by atoms with E-state index < -0.39 is 9.28 Å². The summed E-state index contributed by atoms with van der Waals surface area (Å²) < 4.78 is 12.3. The third-order valence-electron chi connectivity index (χ3n) is 3.63. The Morgan fingerprint density at radius 2 is 1.53 bits per heavy atom. The third-order valence-corrected chi connectivity index (χ3v) is 6.77. The molecule has 0 aliphatic carbocycles. The molecule has 0 saturated carbocycles. The predicted molar refractivity (Wildman–Crippen MR) is 77.7 cm³/mol. The van der Waals surface area contributed by atoms with Gasteiger partial charge in [0, 0.05) is 17.2 Å². The van der Waals surface area contributed by atoms with Crippen LogP contribution in [0.5, 0.6) is 0 Å². The molecule has 0 spiro atoms. The normalized spacial score (nSPS) is 20.4. The standard InChI is InChI=1S/C14H30O2Si/c1-8-12(5)15-17(16-13(6)9-2)14(7,10-3)11-4/h10,12-13,17H,3,8-9,11H2,1-2,4-7H3. The monoisotopic (exact) mass is 258 g/mol. The Labute approximate surface area is 109 Å². The van der Waals surface area contributed by atoms with Gasteiger partial charge < -0.3 is 8.85 Å². The summed E-state index contributed by atoms with van der Waals surface area (Å²) in [4.78, 5) is 0. The molecule has 0 radical (unpaired) electrons. The molecule has 0 amide bonds. The van der Waals surface area contributed by atoms with Gasteiger partial charge >= 0.3 is 9.28 Å². The van der Waals surface area contributed by atoms with E-state index in [0.29, 0.717) is 0 Å². The second kappa shape index (κ2) is 8.06. The highest BCUT2D eigenvalue weighted by Crippen LogP contribution is 2.37. The first kappa shape index (κ1) is 16.9. The van der Waals surface area contributed by atoms with Crippen LogP contribution in [0.4, 0.5) is 0 Å². The molecule has 0 aromatic heterocycles. The van der Waals surface area contributed by atoms with Gasteiger partial charge in [-0.1, -0.05) is 33.8 Å². The van der Waals surface area contributed by atoms with E-state index in [-0.39, 0.29) is 17.2 Å². The number of hydrogen-bond acceptors (Lipinski definition) is 2. The van der Waals surface area contributed by atoms with E-state index in [2.05, 4.69) is 48.1 Å². The molecule has 0 aromatic rings. The van der Waals surface area contributed by atoms with Crippen LogP contribution in [-0.2, 0) is 8.85 Å². The molecule has 0 rings (SSSR count). The summed E-state index contributed by atoms with van der Waals surface area (Å²) >= 11 is 0. The molecular weight excluding hydrogens is 228 g/mol. The summed E-state index contributed by atoms with van der Waals surface area (Å²) in [6.07, 6.45) is 5.67. The summed E-state index contributed by atoms with van der Waals surface area (Å²) in [5.41, 5.74) is 0. The minimum Gasteiger partial charge on any atom is -0.393 e. The van der Waals surface area contributed by atoms with Crippen LogP contribution in [0.3, 0.4) is 0 Å². The van der Waals surface area contributed by atoms with Crippen LogP contribution in [0.15, 0.2) is 12.7 Å². The quantitative estimate of drug-likeness (QED) is 0.456. The van der Waals surface area contributed by atoms with E-state index >= 15 is 0 Å². The first-order chi connectivity index (χ1) is 7.93. The van der Waals surface area contributed by atoms with Gasteiger partial charge in [0.05, 0.1) is 0 Å². The fourth-order valence-electron chi connectivity index (χ4n) is 1.36. The topological polar surface area (TPSA) is 18.5 Å². The molecule has 2 nitrogen and oxygen atoms in total. The van der Waals surface area contributed by atoms with Crippen LogP contribution in [0.2, 0.25) is 5.04 Å². The molecule has 0 heterocycles. The number of hydrogen-bond donors (Lipinski definition) is 0. The summed E-state index contributed by atoms with van der Waals surface area (Å²) in [5.74, 6) is 0. The first-order valence-corrected chi connectivity index (χ1v) is 8.39. The van der Waals surface area contributed by atoms with Crippen molar-refractivity contribution < 1.29 is 8.85 Å². The van der Waals surface area contributed by atoms with Crippen molar-refractivity contribution in [3.63, 3.8) is 0 Å². The molecule has 0 bridgehead atoms. The zero-order valence-electron chi connectivity index (χ0n) is 12.5. The van der Waals surface area contributed by atoms with Crippen molar-refractivity contribution in [1.82, 2.24) is 0 Å². The molecule has 0 aliphatic heterocycles. The average molecular weight is 258 g/mol. The van der Waals surface area contributed by atoms with Crippen molar-refractivity contribution in [2.24, 2.45) is 0 Å². The van der Waals surface area contributed by atoms with Crippen molar-refractivity contribution >= 4 is 9.28 Å². The van der Waals surface area contributed by atoms with E-state index in [9.17, 15) is 0 Å². The zero-order valence-corrected chi connectivity index (χ0v) is 13.6. The predicted octanol–water partition coefficient (Wildman–Crippen LogP) is 4.19. The van der Waals surface area contributed by atoms with Crippen LogP contribution >= 0.6 is 0 Å². The lowest BCUT2D eigenvalue weighted by Gasteiger charge is -2.35. The van der Waals surface area contributed by atoms with Gasteiger partial charge in [-0.3, -0.25) is 0 Å². The average Bonchev–Trinajstić information content (AvgIpc) is 2.36. The third kappa shape index (κ3) is 5.36. The molecule has 102 valence electrons. The van der Waals surface area contributed by atoms with E-state index in [0.717, 1.165) is 19.3 Å². The van der Waals surface area contributed by atoms with Crippen LogP contribution < -0.4 is 0 Å². The minimum absolute atomic E-state index is 0.0207. The van der Waals surface area contributed by atoms with Gasteiger partial charge in [0.1, 0.15) is 0 Å². The molecular formula is C14H30O2Si. The summed E-state index contributed by atoms with van der Waals surface area (Å²) in [6.45, 7) is 16.9. The molecule has 3 atom stereocenters. The smallest absolute Gasteiger partial charge is 0.331 e. The van der Waals surface area contributed by atoms with Crippen LogP contribution in [0, 0.1) is 0 Å². The molecule has 0 aromatic carbocycles. The molecule has 3 unspecified atom stereocenters. The Morgan fingerprint density at radius 1 is 1.12 bits per heavy atom. The largest absolute Gasteiger partial charge is 0.393 e. The van der Waals surface area contributed by atoms with Crippen molar-refractivity contribution in [2.75, 3.05) is 0 Å². The van der Waals surface area contributed by atoms with Gasteiger partial charge in [0.15, 0.2) is 0 Å². The Kier molecular flexibility index (Phi) is 8.00. The van der Waals surface area contributed by atoms with E-state index in [1.165, 1.54) is 0 Å². The maximum absolute atomic E-state index is 6.16. The molecule has 3 heteroatoms. The Morgan fingerprint density at radius 3 is 1.76 bits per heavy atom. The molecule has 17 heavy (non-hydrogen) atoms. The highest BCUT2D eigenvalue weighted by molar-refractivity contribution is 6.49. The molecule has 0 N–H and O–H groups in total. The van der Waals surface area contributed by atoms with E-state index in [1.54, 1.807) is 0 Å². The lowest BCUT2D eigenvalue weighted by molar-refractivity contribution is 0.0979. The fraction of sp³-hybridized carbons (Fsp3) is 0.857. The summed E-state index contributed by atoms with van der Waals surface area (Å²) in [5, 5.41) is 0.0207. The van der Waals surface area contributed by atoms with Crippen molar-refractivity contribution in [1.29, 1.82) is 0 Å². The van der Waals surface area contributed by atoms with Gasteiger partial charge in [-0.2, -0.15) is 0 Å². The van der Waals surface area contributed by atoms with Crippen LogP contribution in [-0.4, -0.2) is 21.5 Å². The lowest BCUT2D eigenvalue weighted by Crippen LogP contribution is -2.40. The van der Waals surface area contributed by atoms with Crippen LogP contribution in [0.1, 0.15) is 60.8 Å². The SMILES string of the molecule is C=CC(C)(CC)[SiH](OC(C)CC)OC(C)CC. The van der Waals surface area contributed by atoms with Gasteiger partial charge in [-0.05, 0) is 33.1 Å². The second-order valence-corrected chi connectivity index (χ2v) is 7.63. The highest BCUT2D eigenvalue weighted by atomic mass is 28.3. The zero-order chi connectivity index (χ0) is 13.5.